The predicted molar refractivity (Wildman–Crippen MR) is 124 cm³/mol. The molecular weight excluding hydrogens is 489 g/mol. The third kappa shape index (κ3) is 5.61. The van der Waals surface area contributed by atoms with Crippen molar-refractivity contribution in [2.75, 3.05) is 11.1 Å². The Labute approximate surface area is 202 Å². The third-order valence-corrected chi connectivity index (χ3v) is 6.80. The highest BCUT2D eigenvalue weighted by molar-refractivity contribution is 8.00. The zero-order valence-electron chi connectivity index (χ0n) is 17.9. The van der Waals surface area contributed by atoms with Gasteiger partial charge in [-0.25, -0.2) is 4.79 Å². The zero-order valence-corrected chi connectivity index (χ0v) is 19.4. The van der Waals surface area contributed by atoms with Crippen molar-refractivity contribution in [2.24, 2.45) is 0 Å². The van der Waals surface area contributed by atoms with Gasteiger partial charge in [-0.15, -0.1) is 0 Å². The Morgan fingerprint density at radius 2 is 1.88 bits per heavy atom. The summed E-state index contributed by atoms with van der Waals surface area (Å²) in [6, 6.07) is 6.42. The summed E-state index contributed by atoms with van der Waals surface area (Å²) >= 11 is 7.05. The van der Waals surface area contributed by atoms with Crippen molar-refractivity contribution in [1.29, 1.82) is 0 Å². The molecule has 3 aromatic rings. The molecule has 0 spiro atoms. The van der Waals surface area contributed by atoms with Gasteiger partial charge in [0.1, 0.15) is 5.03 Å². The van der Waals surface area contributed by atoms with E-state index in [1.165, 1.54) is 0 Å². The molecule has 34 heavy (non-hydrogen) atoms. The van der Waals surface area contributed by atoms with Gasteiger partial charge in [0.2, 0.25) is 5.91 Å². The normalized spacial score (nSPS) is 13.4. The molecule has 2 heterocycles. The molecule has 1 aliphatic rings. The summed E-state index contributed by atoms with van der Waals surface area (Å²) in [5, 5.41) is 2.91. The largest absolute Gasteiger partial charge is 0.416 e. The molecular formula is C23H20ClF3N4O2S. The molecule has 178 valence electrons. The number of halogens is 4. The summed E-state index contributed by atoms with van der Waals surface area (Å²) in [6.07, 6.45) is 2.15. The minimum atomic E-state index is -4.55. The van der Waals surface area contributed by atoms with Crippen LogP contribution in [-0.2, 0) is 30.4 Å². The molecule has 0 saturated carbocycles. The average Bonchev–Trinajstić information content (AvgIpc) is 2.81. The molecule has 0 aliphatic heterocycles. The molecule has 2 aromatic heterocycles. The van der Waals surface area contributed by atoms with E-state index in [0.29, 0.717) is 11.6 Å². The van der Waals surface area contributed by atoms with Gasteiger partial charge in [-0.1, -0.05) is 23.4 Å². The first-order chi connectivity index (χ1) is 16.2. The first-order valence-corrected chi connectivity index (χ1v) is 11.9. The molecule has 0 atom stereocenters. The standard InChI is InChI=1S/C23H20ClF3N4O2S/c24-17-6-5-15(23(25,26)27)11-18(17)29-20(32)13-34-21-16-3-1-2-4-19(16)31(22(33)30-21)12-14-7-9-28-10-8-14/h5-11H,1-4,12-13H2,(H,29,32). The van der Waals surface area contributed by atoms with Crippen molar-refractivity contribution in [3.63, 3.8) is 0 Å². The number of alkyl halides is 3. The fraction of sp³-hybridized carbons (Fsp3) is 0.304. The summed E-state index contributed by atoms with van der Waals surface area (Å²) < 4.78 is 40.6. The number of nitrogens with zero attached hydrogens (tertiary/aromatic N) is 3. The number of hydrogen-bond donors (Lipinski definition) is 1. The molecule has 1 aliphatic carbocycles. The number of benzene rings is 1. The summed E-state index contributed by atoms with van der Waals surface area (Å²) in [5.41, 5.74) is 1.35. The van der Waals surface area contributed by atoms with Crippen molar-refractivity contribution in [3.8, 4) is 0 Å². The van der Waals surface area contributed by atoms with Crippen LogP contribution in [0.4, 0.5) is 18.9 Å². The van der Waals surface area contributed by atoms with E-state index in [-0.39, 0.29) is 16.5 Å². The van der Waals surface area contributed by atoms with Crippen molar-refractivity contribution in [2.45, 2.75) is 43.4 Å². The molecule has 1 amide bonds. The van der Waals surface area contributed by atoms with Crippen LogP contribution in [0, 0.1) is 0 Å². The Kier molecular flexibility index (Phi) is 7.27. The Bertz CT molecular complexity index is 1270. The SMILES string of the molecule is O=C(CSc1nc(=O)n(Cc2ccncc2)c2c1CCCC2)Nc1cc(C(F)(F)F)ccc1Cl. The topological polar surface area (TPSA) is 76.9 Å². The summed E-state index contributed by atoms with van der Waals surface area (Å²) in [4.78, 5) is 33.5. The minimum absolute atomic E-state index is 0.000522. The molecule has 0 fully saturated rings. The minimum Gasteiger partial charge on any atom is -0.324 e. The van der Waals surface area contributed by atoms with Gasteiger partial charge in [-0.2, -0.15) is 18.2 Å². The van der Waals surface area contributed by atoms with Crippen molar-refractivity contribution < 1.29 is 18.0 Å². The molecule has 6 nitrogen and oxygen atoms in total. The van der Waals surface area contributed by atoms with Crippen molar-refractivity contribution in [1.82, 2.24) is 14.5 Å². The van der Waals surface area contributed by atoms with Crippen LogP contribution in [-0.4, -0.2) is 26.2 Å². The van der Waals surface area contributed by atoms with Gasteiger partial charge in [0, 0.05) is 23.7 Å². The fourth-order valence-electron chi connectivity index (χ4n) is 3.82. The molecule has 1 aromatic carbocycles. The van der Waals surface area contributed by atoms with Crippen LogP contribution in [0.25, 0.3) is 0 Å². The van der Waals surface area contributed by atoms with Gasteiger partial charge in [-0.3, -0.25) is 14.3 Å². The Morgan fingerprint density at radius 3 is 2.62 bits per heavy atom. The maximum absolute atomic E-state index is 13.0. The Balaban J connectivity index is 1.52. The Hall–Kier alpha value is -2.85. The smallest absolute Gasteiger partial charge is 0.324 e. The highest BCUT2D eigenvalue weighted by Crippen LogP contribution is 2.34. The van der Waals surface area contributed by atoms with Crippen molar-refractivity contribution in [3.05, 3.63) is 80.6 Å². The zero-order chi connectivity index (χ0) is 24.3. The van der Waals surface area contributed by atoms with E-state index in [9.17, 15) is 22.8 Å². The van der Waals surface area contributed by atoms with E-state index >= 15 is 0 Å². The number of nitrogens with one attached hydrogen (secondary N) is 1. The Morgan fingerprint density at radius 1 is 1.15 bits per heavy atom. The third-order valence-electron chi connectivity index (χ3n) is 5.45. The molecule has 0 unspecified atom stereocenters. The van der Waals surface area contributed by atoms with Crippen LogP contribution in [0.5, 0.6) is 0 Å². The number of fused-ring (bicyclic) bond motifs is 1. The highest BCUT2D eigenvalue weighted by atomic mass is 35.5. The van der Waals surface area contributed by atoms with E-state index in [1.54, 1.807) is 17.0 Å². The summed E-state index contributed by atoms with van der Waals surface area (Å²) in [5.74, 6) is -0.668. The molecule has 0 radical (unpaired) electrons. The number of thioether (sulfide) groups is 1. The van der Waals surface area contributed by atoms with E-state index in [1.807, 2.05) is 12.1 Å². The van der Waals surface area contributed by atoms with Crippen LogP contribution in [0.2, 0.25) is 5.02 Å². The second kappa shape index (κ2) is 10.2. The number of amides is 1. The van der Waals surface area contributed by atoms with E-state index in [0.717, 1.165) is 72.5 Å². The quantitative estimate of drug-likeness (QED) is 0.376. The first-order valence-electron chi connectivity index (χ1n) is 10.5. The molecule has 1 N–H and O–H groups in total. The molecule has 0 bridgehead atoms. The van der Waals surface area contributed by atoms with Crippen LogP contribution >= 0.6 is 23.4 Å². The van der Waals surface area contributed by atoms with Gasteiger partial charge >= 0.3 is 11.9 Å². The van der Waals surface area contributed by atoms with E-state index < -0.39 is 23.3 Å². The number of carbonyl (C=O) groups is 1. The lowest BCUT2D eigenvalue weighted by atomic mass is 9.97. The number of rotatable bonds is 6. The summed E-state index contributed by atoms with van der Waals surface area (Å²) in [7, 11) is 0. The van der Waals surface area contributed by atoms with Gasteiger partial charge in [0.15, 0.2) is 0 Å². The van der Waals surface area contributed by atoms with Gasteiger partial charge in [0.05, 0.1) is 28.6 Å². The van der Waals surface area contributed by atoms with Crippen molar-refractivity contribution >= 4 is 35.0 Å². The van der Waals surface area contributed by atoms with Crippen LogP contribution in [0.1, 0.15) is 35.2 Å². The lowest BCUT2D eigenvalue weighted by Gasteiger charge is -2.22. The fourth-order valence-corrected chi connectivity index (χ4v) is 4.86. The number of carbonyl (C=O) groups excluding carboxylic acids is 1. The molecule has 0 saturated heterocycles. The van der Waals surface area contributed by atoms with Crippen LogP contribution in [0.15, 0.2) is 52.5 Å². The van der Waals surface area contributed by atoms with Crippen LogP contribution in [0.3, 0.4) is 0 Å². The number of pyridine rings is 1. The van der Waals surface area contributed by atoms with E-state index in [2.05, 4.69) is 15.3 Å². The van der Waals surface area contributed by atoms with Gasteiger partial charge in [-0.05, 0) is 61.6 Å². The maximum Gasteiger partial charge on any atom is 0.416 e. The number of aromatic nitrogens is 3. The first kappa shape index (κ1) is 24.3. The number of anilines is 1. The van der Waals surface area contributed by atoms with Gasteiger partial charge in [0.25, 0.3) is 0 Å². The highest BCUT2D eigenvalue weighted by Gasteiger charge is 2.31. The molecule has 4 rings (SSSR count). The van der Waals surface area contributed by atoms with Crippen LogP contribution < -0.4 is 11.0 Å². The lowest BCUT2D eigenvalue weighted by Crippen LogP contribution is -2.30. The monoisotopic (exact) mass is 508 g/mol. The maximum atomic E-state index is 13.0. The lowest BCUT2D eigenvalue weighted by molar-refractivity contribution is -0.137. The predicted octanol–water partition coefficient (Wildman–Crippen LogP) is 4.97. The summed E-state index contributed by atoms with van der Waals surface area (Å²) in [6.45, 7) is 0.385. The molecule has 11 heteroatoms. The average molecular weight is 509 g/mol. The second-order valence-electron chi connectivity index (χ2n) is 7.80. The van der Waals surface area contributed by atoms with Gasteiger partial charge < -0.3 is 5.32 Å². The van der Waals surface area contributed by atoms with E-state index in [4.69, 9.17) is 11.6 Å². The number of hydrogen-bond acceptors (Lipinski definition) is 5. The second-order valence-corrected chi connectivity index (χ2v) is 9.17.